The zero-order valence-corrected chi connectivity index (χ0v) is 11.3. The molecule has 6 heteroatoms. The monoisotopic (exact) mass is 263 g/mol. The SMILES string of the molecule is CCN(CC)c1noc(-c2ccc(OC)cc2O)n1. The van der Waals surface area contributed by atoms with Crippen LogP contribution in [0.1, 0.15) is 13.8 Å². The molecule has 0 aliphatic rings. The van der Waals surface area contributed by atoms with Crippen LogP contribution < -0.4 is 9.64 Å². The van der Waals surface area contributed by atoms with Crippen LogP contribution in [-0.2, 0) is 0 Å². The summed E-state index contributed by atoms with van der Waals surface area (Å²) in [5, 5.41) is 13.8. The van der Waals surface area contributed by atoms with Gasteiger partial charge in [-0.1, -0.05) is 0 Å². The second-order valence-corrected chi connectivity index (χ2v) is 3.95. The van der Waals surface area contributed by atoms with Crippen molar-refractivity contribution < 1.29 is 14.4 Å². The summed E-state index contributed by atoms with van der Waals surface area (Å²) in [4.78, 5) is 6.25. The van der Waals surface area contributed by atoms with E-state index in [2.05, 4.69) is 10.1 Å². The van der Waals surface area contributed by atoms with E-state index in [1.54, 1.807) is 19.2 Å². The molecule has 0 saturated heterocycles. The smallest absolute Gasteiger partial charge is 0.266 e. The maximum absolute atomic E-state index is 9.92. The van der Waals surface area contributed by atoms with E-state index in [0.29, 0.717) is 23.2 Å². The second kappa shape index (κ2) is 5.60. The van der Waals surface area contributed by atoms with Gasteiger partial charge in [-0.15, -0.1) is 0 Å². The molecule has 1 aromatic heterocycles. The van der Waals surface area contributed by atoms with Crippen molar-refractivity contribution in [3.63, 3.8) is 0 Å². The van der Waals surface area contributed by atoms with Crippen LogP contribution in [-0.4, -0.2) is 35.4 Å². The summed E-state index contributed by atoms with van der Waals surface area (Å²) >= 11 is 0. The van der Waals surface area contributed by atoms with Crippen molar-refractivity contribution in [1.82, 2.24) is 10.1 Å². The van der Waals surface area contributed by atoms with Crippen LogP contribution >= 0.6 is 0 Å². The predicted molar refractivity (Wildman–Crippen MR) is 71.5 cm³/mol. The van der Waals surface area contributed by atoms with E-state index in [0.717, 1.165) is 13.1 Å². The first-order valence-corrected chi connectivity index (χ1v) is 6.15. The molecule has 0 unspecified atom stereocenters. The van der Waals surface area contributed by atoms with Crippen LogP contribution in [0, 0.1) is 0 Å². The maximum Gasteiger partial charge on any atom is 0.266 e. The first-order valence-electron chi connectivity index (χ1n) is 6.15. The van der Waals surface area contributed by atoms with E-state index >= 15 is 0 Å². The van der Waals surface area contributed by atoms with Crippen molar-refractivity contribution in [2.45, 2.75) is 13.8 Å². The van der Waals surface area contributed by atoms with Crippen LogP contribution in [0.4, 0.5) is 5.95 Å². The molecule has 1 heterocycles. The van der Waals surface area contributed by atoms with Crippen molar-refractivity contribution in [3.8, 4) is 23.0 Å². The molecule has 2 rings (SSSR count). The summed E-state index contributed by atoms with van der Waals surface area (Å²) < 4.78 is 10.2. The minimum absolute atomic E-state index is 0.0501. The lowest BCUT2D eigenvalue weighted by molar-refractivity contribution is 0.405. The number of rotatable bonds is 5. The number of phenols is 1. The molecule has 19 heavy (non-hydrogen) atoms. The fourth-order valence-electron chi connectivity index (χ4n) is 1.78. The van der Waals surface area contributed by atoms with Gasteiger partial charge in [-0.05, 0) is 31.1 Å². The number of phenolic OH excluding ortho intramolecular Hbond substituents is 1. The molecular formula is C13H17N3O3. The maximum atomic E-state index is 9.92. The van der Waals surface area contributed by atoms with E-state index in [1.807, 2.05) is 18.7 Å². The number of aromatic nitrogens is 2. The van der Waals surface area contributed by atoms with Gasteiger partial charge in [0.1, 0.15) is 11.5 Å². The third kappa shape index (κ3) is 2.62. The molecular weight excluding hydrogens is 246 g/mol. The minimum atomic E-state index is 0.0501. The van der Waals surface area contributed by atoms with E-state index in [-0.39, 0.29) is 5.75 Å². The lowest BCUT2D eigenvalue weighted by atomic mass is 10.2. The minimum Gasteiger partial charge on any atom is -0.507 e. The van der Waals surface area contributed by atoms with Gasteiger partial charge in [0, 0.05) is 19.2 Å². The van der Waals surface area contributed by atoms with E-state index in [9.17, 15) is 5.11 Å². The predicted octanol–water partition coefficient (Wildman–Crippen LogP) is 2.30. The lowest BCUT2D eigenvalue weighted by Crippen LogP contribution is -2.22. The third-order valence-corrected chi connectivity index (χ3v) is 2.90. The fourth-order valence-corrected chi connectivity index (χ4v) is 1.78. The van der Waals surface area contributed by atoms with Crippen LogP contribution in [0.3, 0.4) is 0 Å². The number of methoxy groups -OCH3 is 1. The van der Waals surface area contributed by atoms with Crippen LogP contribution in [0.2, 0.25) is 0 Å². The zero-order valence-electron chi connectivity index (χ0n) is 11.3. The van der Waals surface area contributed by atoms with Gasteiger partial charge < -0.3 is 19.3 Å². The summed E-state index contributed by atoms with van der Waals surface area (Å²) in [6.45, 7) is 5.63. The molecule has 0 bridgehead atoms. The van der Waals surface area contributed by atoms with Gasteiger partial charge in [0.15, 0.2) is 0 Å². The van der Waals surface area contributed by atoms with Crippen molar-refractivity contribution in [1.29, 1.82) is 0 Å². The standard InChI is InChI=1S/C13H17N3O3/c1-4-16(5-2)13-14-12(19-15-13)10-7-6-9(18-3)8-11(10)17/h6-8,17H,4-5H2,1-3H3. The molecule has 102 valence electrons. The molecule has 0 amide bonds. The first-order chi connectivity index (χ1) is 9.19. The fraction of sp³-hybridized carbons (Fsp3) is 0.385. The molecule has 2 aromatic rings. The Morgan fingerprint density at radius 1 is 1.32 bits per heavy atom. The Labute approximate surface area is 111 Å². The zero-order chi connectivity index (χ0) is 13.8. The van der Waals surface area contributed by atoms with Gasteiger partial charge >= 0.3 is 0 Å². The normalized spacial score (nSPS) is 10.5. The first kappa shape index (κ1) is 13.2. The highest BCUT2D eigenvalue weighted by atomic mass is 16.5. The molecule has 1 N–H and O–H groups in total. The molecule has 1 aromatic carbocycles. The molecule has 0 aliphatic carbocycles. The van der Waals surface area contributed by atoms with Crippen molar-refractivity contribution >= 4 is 5.95 Å². The van der Waals surface area contributed by atoms with E-state index in [4.69, 9.17) is 9.26 Å². The van der Waals surface area contributed by atoms with Crippen molar-refractivity contribution in [3.05, 3.63) is 18.2 Å². The lowest BCUT2D eigenvalue weighted by Gasteiger charge is -2.14. The average molecular weight is 263 g/mol. The summed E-state index contributed by atoms with van der Waals surface area (Å²) in [6.07, 6.45) is 0. The number of anilines is 1. The Kier molecular flexibility index (Phi) is 3.89. The average Bonchev–Trinajstić information content (AvgIpc) is 2.89. The van der Waals surface area contributed by atoms with Gasteiger partial charge in [-0.3, -0.25) is 0 Å². The number of hydrogen-bond donors (Lipinski definition) is 1. The van der Waals surface area contributed by atoms with Crippen LogP contribution in [0.15, 0.2) is 22.7 Å². The van der Waals surface area contributed by atoms with Crippen LogP contribution in [0.5, 0.6) is 11.5 Å². The van der Waals surface area contributed by atoms with E-state index in [1.165, 1.54) is 6.07 Å². The highest BCUT2D eigenvalue weighted by Gasteiger charge is 2.16. The van der Waals surface area contributed by atoms with Gasteiger partial charge in [0.25, 0.3) is 11.8 Å². The number of benzene rings is 1. The summed E-state index contributed by atoms with van der Waals surface area (Å²) in [5.41, 5.74) is 0.492. The third-order valence-electron chi connectivity index (χ3n) is 2.90. The number of ether oxygens (including phenoxy) is 1. The highest BCUT2D eigenvalue weighted by Crippen LogP contribution is 2.32. The Morgan fingerprint density at radius 3 is 2.63 bits per heavy atom. The van der Waals surface area contributed by atoms with E-state index < -0.39 is 0 Å². The Hall–Kier alpha value is -2.24. The van der Waals surface area contributed by atoms with Crippen LogP contribution in [0.25, 0.3) is 11.5 Å². The van der Waals surface area contributed by atoms with Crippen molar-refractivity contribution in [2.75, 3.05) is 25.1 Å². The highest BCUT2D eigenvalue weighted by molar-refractivity contribution is 5.64. The van der Waals surface area contributed by atoms with Gasteiger partial charge in [0.2, 0.25) is 0 Å². The molecule has 0 saturated carbocycles. The Bertz CT molecular complexity index is 550. The quantitative estimate of drug-likeness (QED) is 0.892. The number of aromatic hydroxyl groups is 1. The summed E-state index contributed by atoms with van der Waals surface area (Å²) in [5.74, 6) is 1.44. The Balaban J connectivity index is 2.32. The second-order valence-electron chi connectivity index (χ2n) is 3.95. The van der Waals surface area contributed by atoms with Gasteiger partial charge in [-0.2, -0.15) is 4.98 Å². The van der Waals surface area contributed by atoms with Gasteiger partial charge in [-0.25, -0.2) is 0 Å². The largest absolute Gasteiger partial charge is 0.507 e. The topological polar surface area (TPSA) is 71.6 Å². The van der Waals surface area contributed by atoms with Crippen molar-refractivity contribution in [2.24, 2.45) is 0 Å². The summed E-state index contributed by atoms with van der Waals surface area (Å²) in [6, 6.07) is 4.93. The summed E-state index contributed by atoms with van der Waals surface area (Å²) in [7, 11) is 1.54. The van der Waals surface area contributed by atoms with Gasteiger partial charge in [0.05, 0.1) is 12.7 Å². The number of hydrogen-bond acceptors (Lipinski definition) is 6. The molecule has 0 atom stereocenters. The molecule has 0 aliphatic heterocycles. The molecule has 0 fully saturated rings. The molecule has 0 radical (unpaired) electrons. The Morgan fingerprint density at radius 2 is 2.05 bits per heavy atom. The number of nitrogens with zero attached hydrogens (tertiary/aromatic N) is 3. The molecule has 6 nitrogen and oxygen atoms in total. The molecule has 0 spiro atoms.